The second-order valence-electron chi connectivity index (χ2n) is 6.17. The maximum absolute atomic E-state index is 6.50. The molecule has 0 saturated carbocycles. The van der Waals surface area contributed by atoms with Gasteiger partial charge >= 0.3 is 0 Å². The van der Waals surface area contributed by atoms with Gasteiger partial charge in [-0.2, -0.15) is 0 Å². The van der Waals surface area contributed by atoms with Crippen LogP contribution in [0.15, 0.2) is 24.3 Å². The third-order valence-corrected chi connectivity index (χ3v) is 4.37. The molecule has 2 unspecified atom stereocenters. The Morgan fingerprint density at radius 1 is 1.10 bits per heavy atom. The zero-order chi connectivity index (χ0) is 14.1. The van der Waals surface area contributed by atoms with Crippen LogP contribution in [-0.2, 0) is 0 Å². The van der Waals surface area contributed by atoms with E-state index in [1.54, 1.807) is 0 Å². The van der Waals surface area contributed by atoms with E-state index < -0.39 is 0 Å². The molecule has 3 saturated heterocycles. The Bertz CT molecular complexity index is 438. The molecule has 3 aliphatic rings. The summed E-state index contributed by atoms with van der Waals surface area (Å²) in [5.41, 5.74) is 7.71. The molecule has 1 aromatic carbocycles. The van der Waals surface area contributed by atoms with Crippen LogP contribution in [0, 0.1) is 0 Å². The van der Waals surface area contributed by atoms with E-state index in [1.165, 1.54) is 18.7 Å². The van der Waals surface area contributed by atoms with Crippen molar-refractivity contribution in [2.75, 3.05) is 32.7 Å². The lowest BCUT2D eigenvalue weighted by molar-refractivity contribution is 0.00214. The molecule has 4 nitrogen and oxygen atoms in total. The lowest BCUT2D eigenvalue weighted by Gasteiger charge is -2.49. The maximum atomic E-state index is 6.50. The van der Waals surface area contributed by atoms with Crippen molar-refractivity contribution in [2.24, 2.45) is 5.73 Å². The van der Waals surface area contributed by atoms with Gasteiger partial charge in [0.25, 0.3) is 0 Å². The molecule has 3 aliphatic heterocycles. The molecule has 110 valence electrons. The number of nitrogens with zero attached hydrogens (tertiary/aromatic N) is 2. The van der Waals surface area contributed by atoms with Crippen LogP contribution in [-0.4, -0.2) is 54.7 Å². The summed E-state index contributed by atoms with van der Waals surface area (Å²) in [6.45, 7) is 9.90. The van der Waals surface area contributed by atoms with Crippen LogP contribution in [0.25, 0.3) is 0 Å². The summed E-state index contributed by atoms with van der Waals surface area (Å²) >= 11 is 0. The highest BCUT2D eigenvalue weighted by Gasteiger charge is 2.35. The van der Waals surface area contributed by atoms with E-state index in [0.29, 0.717) is 6.04 Å². The van der Waals surface area contributed by atoms with Gasteiger partial charge in [0.1, 0.15) is 5.75 Å². The number of hydrogen-bond acceptors (Lipinski definition) is 4. The van der Waals surface area contributed by atoms with Crippen molar-refractivity contribution in [3.63, 3.8) is 0 Å². The van der Waals surface area contributed by atoms with Crippen LogP contribution in [0.3, 0.4) is 0 Å². The normalized spacial score (nSPS) is 30.5. The largest absolute Gasteiger partial charge is 0.491 e. The molecule has 2 atom stereocenters. The molecule has 0 aliphatic carbocycles. The molecule has 2 N–H and O–H groups in total. The summed E-state index contributed by atoms with van der Waals surface area (Å²) in [4.78, 5) is 5.07. The zero-order valence-corrected chi connectivity index (χ0v) is 12.5. The van der Waals surface area contributed by atoms with Crippen LogP contribution in [0.1, 0.15) is 25.5 Å². The van der Waals surface area contributed by atoms with E-state index in [9.17, 15) is 0 Å². The number of benzene rings is 1. The predicted octanol–water partition coefficient (Wildman–Crippen LogP) is 1.47. The van der Waals surface area contributed by atoms with E-state index in [4.69, 9.17) is 10.5 Å². The number of hydrogen-bond donors (Lipinski definition) is 1. The summed E-state index contributed by atoms with van der Waals surface area (Å²) < 4.78 is 5.68. The third kappa shape index (κ3) is 2.82. The highest BCUT2D eigenvalue weighted by molar-refractivity contribution is 5.30. The number of fused-ring (bicyclic) bond motifs is 3. The Kier molecular flexibility index (Phi) is 3.96. The molecule has 20 heavy (non-hydrogen) atoms. The first-order valence-electron chi connectivity index (χ1n) is 7.62. The van der Waals surface area contributed by atoms with Gasteiger partial charge in [-0.25, -0.2) is 0 Å². The molecule has 0 aromatic heterocycles. The molecule has 0 spiro atoms. The van der Waals surface area contributed by atoms with E-state index in [-0.39, 0.29) is 12.1 Å². The molecule has 1 aromatic rings. The van der Waals surface area contributed by atoms with Crippen molar-refractivity contribution in [2.45, 2.75) is 32.0 Å². The minimum Gasteiger partial charge on any atom is -0.491 e. The van der Waals surface area contributed by atoms with Gasteiger partial charge in [0.05, 0.1) is 6.10 Å². The number of rotatable bonds is 4. The summed E-state index contributed by atoms with van der Waals surface area (Å²) in [5.74, 6) is 0.921. The van der Waals surface area contributed by atoms with Gasteiger partial charge in [-0.05, 0) is 31.5 Å². The maximum Gasteiger partial charge on any atom is 0.119 e. The first kappa shape index (κ1) is 13.9. The van der Waals surface area contributed by atoms with Crippen LogP contribution in [0.5, 0.6) is 5.75 Å². The van der Waals surface area contributed by atoms with Crippen LogP contribution in [0.2, 0.25) is 0 Å². The fraction of sp³-hybridized carbons (Fsp3) is 0.625. The van der Waals surface area contributed by atoms with Gasteiger partial charge in [0.2, 0.25) is 0 Å². The Balaban J connectivity index is 1.69. The summed E-state index contributed by atoms with van der Waals surface area (Å²) in [6.07, 6.45) is 0.211. The minimum atomic E-state index is 0.0891. The van der Waals surface area contributed by atoms with Crippen LogP contribution in [0.4, 0.5) is 0 Å². The monoisotopic (exact) mass is 275 g/mol. The number of ether oxygens (including phenoxy) is 1. The fourth-order valence-electron chi connectivity index (χ4n) is 3.26. The highest BCUT2D eigenvalue weighted by atomic mass is 16.5. The average molecular weight is 275 g/mol. The van der Waals surface area contributed by atoms with Crippen molar-refractivity contribution in [3.8, 4) is 5.75 Å². The van der Waals surface area contributed by atoms with Gasteiger partial charge in [0, 0.05) is 44.8 Å². The van der Waals surface area contributed by atoms with Gasteiger partial charge in [-0.15, -0.1) is 0 Å². The summed E-state index contributed by atoms with van der Waals surface area (Å²) in [7, 11) is 0. The second kappa shape index (κ2) is 5.72. The summed E-state index contributed by atoms with van der Waals surface area (Å²) in [6, 6.07) is 8.83. The molecule has 2 bridgehead atoms. The van der Waals surface area contributed by atoms with Crippen molar-refractivity contribution < 1.29 is 4.74 Å². The molecule has 4 heteroatoms. The third-order valence-electron chi connectivity index (χ3n) is 4.37. The molecule has 4 rings (SSSR count). The molecule has 0 radical (unpaired) electrons. The standard InChI is InChI=1S/C16H25N3O/c1-12(2)20-14-5-3-13(4-6-14)16(17)15-11-18-7-9-19(15)10-8-18/h3-6,12,15-16H,7-11,17H2,1-2H3. The zero-order valence-electron chi connectivity index (χ0n) is 12.5. The topological polar surface area (TPSA) is 41.7 Å². The van der Waals surface area contributed by atoms with Gasteiger partial charge < -0.3 is 10.5 Å². The quantitative estimate of drug-likeness (QED) is 0.903. The Labute approximate surface area is 121 Å². The van der Waals surface area contributed by atoms with E-state index in [0.717, 1.165) is 25.4 Å². The SMILES string of the molecule is CC(C)Oc1ccc(C(N)C2CN3CCN2CC3)cc1. The first-order valence-corrected chi connectivity index (χ1v) is 7.62. The predicted molar refractivity (Wildman–Crippen MR) is 80.9 cm³/mol. The fourth-order valence-corrected chi connectivity index (χ4v) is 3.26. The number of nitrogens with two attached hydrogens (primary N) is 1. The average Bonchev–Trinajstić information content (AvgIpc) is 2.48. The molecular formula is C16H25N3O. The van der Waals surface area contributed by atoms with E-state index in [2.05, 4.69) is 21.9 Å². The van der Waals surface area contributed by atoms with Crippen molar-refractivity contribution in [1.82, 2.24) is 9.80 Å². The Morgan fingerprint density at radius 3 is 2.25 bits per heavy atom. The Hall–Kier alpha value is -1.10. The lowest BCUT2D eigenvalue weighted by atomic mass is 9.95. The molecule has 3 heterocycles. The molecule has 3 fully saturated rings. The minimum absolute atomic E-state index is 0.0891. The molecular weight excluding hydrogens is 250 g/mol. The van der Waals surface area contributed by atoms with E-state index >= 15 is 0 Å². The Morgan fingerprint density at radius 2 is 1.75 bits per heavy atom. The molecule has 0 amide bonds. The summed E-state index contributed by atoms with van der Waals surface area (Å²) in [5, 5.41) is 0. The highest BCUT2D eigenvalue weighted by Crippen LogP contribution is 2.26. The van der Waals surface area contributed by atoms with Gasteiger partial charge in [0.15, 0.2) is 0 Å². The van der Waals surface area contributed by atoms with Gasteiger partial charge in [-0.1, -0.05) is 12.1 Å². The number of piperazine rings is 3. The lowest BCUT2D eigenvalue weighted by Crippen LogP contribution is -2.63. The van der Waals surface area contributed by atoms with Crippen molar-refractivity contribution in [3.05, 3.63) is 29.8 Å². The van der Waals surface area contributed by atoms with Crippen LogP contribution >= 0.6 is 0 Å². The van der Waals surface area contributed by atoms with Crippen molar-refractivity contribution >= 4 is 0 Å². The van der Waals surface area contributed by atoms with E-state index in [1.807, 2.05) is 26.0 Å². The first-order chi connectivity index (χ1) is 9.63. The van der Waals surface area contributed by atoms with Gasteiger partial charge in [-0.3, -0.25) is 9.80 Å². The second-order valence-corrected chi connectivity index (χ2v) is 6.17. The van der Waals surface area contributed by atoms with Crippen molar-refractivity contribution in [1.29, 1.82) is 0 Å². The smallest absolute Gasteiger partial charge is 0.119 e. The van der Waals surface area contributed by atoms with Crippen LogP contribution < -0.4 is 10.5 Å².